The van der Waals surface area contributed by atoms with E-state index in [9.17, 15) is 0 Å². The normalized spacial score (nSPS) is 19.2. The van der Waals surface area contributed by atoms with Gasteiger partial charge in [-0.3, -0.25) is 4.99 Å². The van der Waals surface area contributed by atoms with Gasteiger partial charge in [0.2, 0.25) is 0 Å². The summed E-state index contributed by atoms with van der Waals surface area (Å²) in [6, 6.07) is 0. The first-order valence-corrected chi connectivity index (χ1v) is 8.51. The van der Waals surface area contributed by atoms with E-state index in [1.165, 1.54) is 12.8 Å². The van der Waals surface area contributed by atoms with Gasteiger partial charge in [-0.1, -0.05) is 26.7 Å². The highest BCUT2D eigenvalue weighted by molar-refractivity contribution is 5.79. The van der Waals surface area contributed by atoms with Crippen molar-refractivity contribution in [2.24, 2.45) is 10.9 Å². The Kier molecular flexibility index (Phi) is 10.3. The summed E-state index contributed by atoms with van der Waals surface area (Å²) >= 11 is 0. The summed E-state index contributed by atoms with van der Waals surface area (Å²) in [5.41, 5.74) is 0. The average molecular weight is 299 g/mol. The molecular weight excluding hydrogens is 266 g/mol. The molecule has 2 N–H and O–H groups in total. The van der Waals surface area contributed by atoms with Crippen LogP contribution in [0, 0.1) is 5.92 Å². The minimum Gasteiger partial charge on any atom is -0.379 e. The van der Waals surface area contributed by atoms with Crippen LogP contribution in [0.5, 0.6) is 0 Å². The zero-order valence-corrected chi connectivity index (χ0v) is 14.0. The fourth-order valence-electron chi connectivity index (χ4n) is 2.28. The van der Waals surface area contributed by atoms with Gasteiger partial charge in [0.15, 0.2) is 5.96 Å². The van der Waals surface area contributed by atoms with Crippen LogP contribution in [0.15, 0.2) is 4.99 Å². The lowest BCUT2D eigenvalue weighted by atomic mass is 10.0. The number of nitrogens with zero attached hydrogens (tertiary/aromatic N) is 1. The van der Waals surface area contributed by atoms with E-state index in [1.807, 2.05) is 0 Å². The molecule has 0 radical (unpaired) electrons. The van der Waals surface area contributed by atoms with Crippen molar-refractivity contribution < 1.29 is 9.47 Å². The Morgan fingerprint density at radius 2 is 2.10 bits per heavy atom. The minimum atomic E-state index is 0.307. The molecule has 0 spiro atoms. The Bertz CT molecular complexity index is 275. The number of guanidine groups is 1. The van der Waals surface area contributed by atoms with E-state index < -0.39 is 0 Å². The minimum absolute atomic E-state index is 0.307. The lowest BCUT2D eigenvalue weighted by Gasteiger charge is -2.14. The van der Waals surface area contributed by atoms with E-state index >= 15 is 0 Å². The molecular formula is C16H33N3O2. The standard InChI is InChI=1S/C16H33N3O2/c1-4-14(5-2)12-19-16(17-6-3)18-9-7-10-21-15-8-11-20-13-15/h14-15H,4-13H2,1-3H3,(H2,17,18,19). The van der Waals surface area contributed by atoms with Crippen LogP contribution in [0.2, 0.25) is 0 Å². The van der Waals surface area contributed by atoms with Gasteiger partial charge in [-0.15, -0.1) is 0 Å². The van der Waals surface area contributed by atoms with E-state index in [4.69, 9.17) is 9.47 Å². The van der Waals surface area contributed by atoms with Gasteiger partial charge in [0, 0.05) is 32.8 Å². The molecule has 1 heterocycles. The monoisotopic (exact) mass is 299 g/mol. The summed E-state index contributed by atoms with van der Waals surface area (Å²) in [4.78, 5) is 4.66. The van der Waals surface area contributed by atoms with Gasteiger partial charge in [-0.2, -0.15) is 0 Å². The largest absolute Gasteiger partial charge is 0.379 e. The molecule has 1 aliphatic rings. The molecule has 5 heteroatoms. The van der Waals surface area contributed by atoms with Crippen LogP contribution in [0.25, 0.3) is 0 Å². The van der Waals surface area contributed by atoms with Crippen molar-refractivity contribution in [3.63, 3.8) is 0 Å². The molecule has 0 saturated carbocycles. The van der Waals surface area contributed by atoms with Crippen LogP contribution in [-0.4, -0.2) is 51.5 Å². The second kappa shape index (κ2) is 11.8. The topological polar surface area (TPSA) is 54.9 Å². The van der Waals surface area contributed by atoms with Crippen molar-refractivity contribution >= 4 is 5.96 Å². The molecule has 21 heavy (non-hydrogen) atoms. The van der Waals surface area contributed by atoms with Crippen molar-refractivity contribution in [3.8, 4) is 0 Å². The molecule has 0 amide bonds. The van der Waals surface area contributed by atoms with Gasteiger partial charge in [0.05, 0.1) is 12.7 Å². The second-order valence-electron chi connectivity index (χ2n) is 5.54. The summed E-state index contributed by atoms with van der Waals surface area (Å²) in [5, 5.41) is 6.67. The fraction of sp³-hybridized carbons (Fsp3) is 0.938. The van der Waals surface area contributed by atoms with Gasteiger partial charge in [-0.05, 0) is 25.7 Å². The van der Waals surface area contributed by atoms with Gasteiger partial charge in [-0.25, -0.2) is 0 Å². The average Bonchev–Trinajstić information content (AvgIpc) is 3.01. The third kappa shape index (κ3) is 8.27. The number of hydrogen-bond donors (Lipinski definition) is 2. The van der Waals surface area contributed by atoms with Crippen LogP contribution in [-0.2, 0) is 9.47 Å². The number of hydrogen-bond acceptors (Lipinski definition) is 3. The predicted molar refractivity (Wildman–Crippen MR) is 87.8 cm³/mol. The molecule has 5 nitrogen and oxygen atoms in total. The second-order valence-corrected chi connectivity index (χ2v) is 5.54. The zero-order chi connectivity index (χ0) is 15.3. The van der Waals surface area contributed by atoms with Crippen molar-refractivity contribution in [2.75, 3.05) is 39.5 Å². The Hall–Kier alpha value is -0.810. The maximum Gasteiger partial charge on any atom is 0.191 e. The lowest BCUT2D eigenvalue weighted by molar-refractivity contribution is 0.0420. The molecule has 0 aromatic carbocycles. The first kappa shape index (κ1) is 18.2. The summed E-state index contributed by atoms with van der Waals surface area (Å²) in [5.74, 6) is 1.61. The number of aliphatic imine (C=N–C) groups is 1. The molecule has 0 bridgehead atoms. The third-order valence-electron chi connectivity index (χ3n) is 3.86. The van der Waals surface area contributed by atoms with Crippen molar-refractivity contribution in [2.45, 2.75) is 52.6 Å². The molecule has 124 valence electrons. The first-order valence-electron chi connectivity index (χ1n) is 8.51. The lowest BCUT2D eigenvalue weighted by Crippen LogP contribution is -2.38. The van der Waals surface area contributed by atoms with Crippen LogP contribution < -0.4 is 10.6 Å². The van der Waals surface area contributed by atoms with E-state index in [-0.39, 0.29) is 0 Å². The van der Waals surface area contributed by atoms with E-state index in [2.05, 4.69) is 36.4 Å². The van der Waals surface area contributed by atoms with Crippen molar-refractivity contribution in [3.05, 3.63) is 0 Å². The van der Waals surface area contributed by atoms with Crippen LogP contribution in [0.4, 0.5) is 0 Å². The molecule has 0 aromatic rings. The van der Waals surface area contributed by atoms with Gasteiger partial charge in [0.25, 0.3) is 0 Å². The van der Waals surface area contributed by atoms with E-state index in [0.29, 0.717) is 12.0 Å². The summed E-state index contributed by atoms with van der Waals surface area (Å²) in [7, 11) is 0. The van der Waals surface area contributed by atoms with Crippen LogP contribution in [0.1, 0.15) is 46.5 Å². The maximum absolute atomic E-state index is 5.75. The highest BCUT2D eigenvalue weighted by Gasteiger charge is 2.15. The van der Waals surface area contributed by atoms with Gasteiger partial charge >= 0.3 is 0 Å². The summed E-state index contributed by atoms with van der Waals surface area (Å²) in [6.45, 7) is 11.6. The Labute approximate surface area is 129 Å². The zero-order valence-electron chi connectivity index (χ0n) is 14.0. The molecule has 1 saturated heterocycles. The third-order valence-corrected chi connectivity index (χ3v) is 3.86. The maximum atomic E-state index is 5.75. The molecule has 1 unspecified atom stereocenters. The van der Waals surface area contributed by atoms with Crippen LogP contribution >= 0.6 is 0 Å². The fourth-order valence-corrected chi connectivity index (χ4v) is 2.28. The summed E-state index contributed by atoms with van der Waals surface area (Å²) < 4.78 is 11.0. The molecule has 1 fully saturated rings. The SMILES string of the molecule is CCNC(=NCC(CC)CC)NCCCOC1CCOC1. The smallest absolute Gasteiger partial charge is 0.191 e. The number of rotatable bonds is 10. The molecule has 1 atom stereocenters. The van der Waals surface area contributed by atoms with E-state index in [0.717, 1.165) is 58.3 Å². The number of ether oxygens (including phenoxy) is 2. The Balaban J connectivity index is 2.15. The van der Waals surface area contributed by atoms with Crippen molar-refractivity contribution in [1.29, 1.82) is 0 Å². The van der Waals surface area contributed by atoms with Crippen molar-refractivity contribution in [1.82, 2.24) is 10.6 Å². The summed E-state index contributed by atoms with van der Waals surface area (Å²) in [6.07, 6.45) is 4.72. The van der Waals surface area contributed by atoms with Crippen LogP contribution in [0.3, 0.4) is 0 Å². The van der Waals surface area contributed by atoms with Gasteiger partial charge in [0.1, 0.15) is 0 Å². The highest BCUT2D eigenvalue weighted by atomic mass is 16.5. The molecule has 1 rings (SSSR count). The van der Waals surface area contributed by atoms with Gasteiger partial charge < -0.3 is 20.1 Å². The quantitative estimate of drug-likeness (QED) is 0.369. The Morgan fingerprint density at radius 1 is 1.29 bits per heavy atom. The molecule has 1 aliphatic heterocycles. The first-order chi connectivity index (χ1) is 10.3. The number of nitrogens with one attached hydrogen (secondary N) is 2. The predicted octanol–water partition coefficient (Wildman–Crippen LogP) is 2.17. The molecule has 0 aliphatic carbocycles. The molecule has 0 aromatic heterocycles. The van der Waals surface area contributed by atoms with E-state index in [1.54, 1.807) is 0 Å². The Morgan fingerprint density at radius 3 is 2.71 bits per heavy atom. The highest BCUT2D eigenvalue weighted by Crippen LogP contribution is 2.08.